The standard InChI is InChI=1S/C13H26/c1-4-6-8-13-10-12(7-5-2)9-11(13)3/h11-13H,4-10H2,1-3H3. The van der Waals surface area contributed by atoms with Gasteiger partial charge in [0, 0.05) is 0 Å². The lowest BCUT2D eigenvalue weighted by Crippen LogP contribution is -2.02. The lowest BCUT2D eigenvalue weighted by molar-refractivity contribution is 0.378. The van der Waals surface area contributed by atoms with Crippen LogP contribution in [0.1, 0.15) is 65.7 Å². The summed E-state index contributed by atoms with van der Waals surface area (Å²) in [5.74, 6) is 3.15. The highest BCUT2D eigenvalue weighted by Crippen LogP contribution is 2.40. The van der Waals surface area contributed by atoms with Crippen LogP contribution in [-0.2, 0) is 0 Å². The number of rotatable bonds is 5. The summed E-state index contributed by atoms with van der Waals surface area (Å²) >= 11 is 0. The Morgan fingerprint density at radius 2 is 1.77 bits per heavy atom. The molecule has 0 amide bonds. The maximum atomic E-state index is 2.47. The van der Waals surface area contributed by atoms with Crippen LogP contribution in [0.5, 0.6) is 0 Å². The molecule has 1 aliphatic carbocycles. The minimum Gasteiger partial charge on any atom is -0.0654 e. The second-order valence-corrected chi connectivity index (χ2v) is 5.01. The van der Waals surface area contributed by atoms with Gasteiger partial charge in [-0.3, -0.25) is 0 Å². The maximum Gasteiger partial charge on any atom is -0.0386 e. The van der Waals surface area contributed by atoms with Crippen molar-refractivity contribution in [2.24, 2.45) is 17.8 Å². The lowest BCUT2D eigenvalue weighted by atomic mass is 9.92. The first-order valence-corrected chi connectivity index (χ1v) is 6.27. The highest BCUT2D eigenvalue weighted by Gasteiger charge is 2.29. The van der Waals surface area contributed by atoms with E-state index in [4.69, 9.17) is 0 Å². The molecule has 1 fully saturated rings. The van der Waals surface area contributed by atoms with Crippen molar-refractivity contribution in [1.29, 1.82) is 0 Å². The first kappa shape index (κ1) is 11.1. The minimum absolute atomic E-state index is 1.02. The van der Waals surface area contributed by atoms with Crippen LogP contribution < -0.4 is 0 Å². The van der Waals surface area contributed by atoms with Crippen LogP contribution in [0.4, 0.5) is 0 Å². The molecule has 3 unspecified atom stereocenters. The van der Waals surface area contributed by atoms with Crippen molar-refractivity contribution in [3.05, 3.63) is 0 Å². The van der Waals surface area contributed by atoms with Gasteiger partial charge >= 0.3 is 0 Å². The van der Waals surface area contributed by atoms with Crippen LogP contribution in [0, 0.1) is 17.8 Å². The minimum atomic E-state index is 1.02. The summed E-state index contributed by atoms with van der Waals surface area (Å²) in [7, 11) is 0. The molecule has 0 radical (unpaired) electrons. The molecule has 0 heterocycles. The van der Waals surface area contributed by atoms with E-state index >= 15 is 0 Å². The van der Waals surface area contributed by atoms with E-state index < -0.39 is 0 Å². The normalized spacial score (nSPS) is 33.9. The fourth-order valence-electron chi connectivity index (χ4n) is 2.99. The zero-order chi connectivity index (χ0) is 9.68. The van der Waals surface area contributed by atoms with Crippen LogP contribution >= 0.6 is 0 Å². The molecule has 78 valence electrons. The lowest BCUT2D eigenvalue weighted by Gasteiger charge is -2.13. The fraction of sp³-hybridized carbons (Fsp3) is 1.00. The van der Waals surface area contributed by atoms with Crippen LogP contribution in [0.25, 0.3) is 0 Å². The second kappa shape index (κ2) is 5.67. The van der Waals surface area contributed by atoms with E-state index in [9.17, 15) is 0 Å². The van der Waals surface area contributed by atoms with Gasteiger partial charge in [0.05, 0.1) is 0 Å². The highest BCUT2D eigenvalue weighted by molar-refractivity contribution is 4.80. The van der Waals surface area contributed by atoms with Gasteiger partial charge in [0.2, 0.25) is 0 Å². The van der Waals surface area contributed by atoms with Gasteiger partial charge in [0.25, 0.3) is 0 Å². The van der Waals surface area contributed by atoms with Crippen molar-refractivity contribution in [2.45, 2.75) is 65.7 Å². The Labute approximate surface area is 84.1 Å². The molecular weight excluding hydrogens is 156 g/mol. The van der Waals surface area contributed by atoms with Crippen molar-refractivity contribution in [1.82, 2.24) is 0 Å². The van der Waals surface area contributed by atoms with E-state index in [2.05, 4.69) is 20.8 Å². The van der Waals surface area contributed by atoms with Gasteiger partial charge < -0.3 is 0 Å². The van der Waals surface area contributed by atoms with Crippen molar-refractivity contribution >= 4 is 0 Å². The first-order valence-electron chi connectivity index (χ1n) is 6.27. The molecule has 0 aromatic rings. The Hall–Kier alpha value is 0. The smallest absolute Gasteiger partial charge is 0.0386 e. The van der Waals surface area contributed by atoms with Gasteiger partial charge in [-0.05, 0) is 30.6 Å². The molecular formula is C13H26. The number of unbranched alkanes of at least 4 members (excludes halogenated alkanes) is 1. The Morgan fingerprint density at radius 1 is 1.00 bits per heavy atom. The molecule has 13 heavy (non-hydrogen) atoms. The second-order valence-electron chi connectivity index (χ2n) is 5.01. The monoisotopic (exact) mass is 182 g/mol. The van der Waals surface area contributed by atoms with Crippen LogP contribution in [0.3, 0.4) is 0 Å². The van der Waals surface area contributed by atoms with E-state index in [1.54, 1.807) is 0 Å². The number of hydrogen-bond acceptors (Lipinski definition) is 0. The van der Waals surface area contributed by atoms with Gasteiger partial charge in [-0.25, -0.2) is 0 Å². The third-order valence-corrected chi connectivity index (χ3v) is 3.77. The zero-order valence-electron chi connectivity index (χ0n) is 9.68. The SMILES string of the molecule is CCCCC1CC(CCC)CC1C. The molecule has 0 nitrogen and oxygen atoms in total. The third kappa shape index (κ3) is 3.32. The Bertz CT molecular complexity index is 128. The fourth-order valence-corrected chi connectivity index (χ4v) is 2.99. The first-order chi connectivity index (χ1) is 6.27. The quantitative estimate of drug-likeness (QED) is 0.581. The summed E-state index contributed by atoms with van der Waals surface area (Å²) in [5, 5.41) is 0. The van der Waals surface area contributed by atoms with Crippen molar-refractivity contribution < 1.29 is 0 Å². The molecule has 0 spiro atoms. The third-order valence-electron chi connectivity index (χ3n) is 3.77. The summed E-state index contributed by atoms with van der Waals surface area (Å²) in [6.45, 7) is 7.10. The van der Waals surface area contributed by atoms with Gasteiger partial charge in [-0.2, -0.15) is 0 Å². The van der Waals surface area contributed by atoms with Crippen molar-refractivity contribution in [3.8, 4) is 0 Å². The van der Waals surface area contributed by atoms with E-state index in [0.29, 0.717) is 0 Å². The maximum absolute atomic E-state index is 2.47. The van der Waals surface area contributed by atoms with E-state index in [1.807, 2.05) is 0 Å². The molecule has 0 aromatic heterocycles. The molecule has 1 rings (SSSR count). The van der Waals surface area contributed by atoms with Crippen LogP contribution in [0.15, 0.2) is 0 Å². The van der Waals surface area contributed by atoms with Crippen LogP contribution in [0.2, 0.25) is 0 Å². The molecule has 0 bridgehead atoms. The molecule has 0 heteroatoms. The van der Waals surface area contributed by atoms with Gasteiger partial charge in [-0.15, -0.1) is 0 Å². The summed E-state index contributed by atoms with van der Waals surface area (Å²) in [6.07, 6.45) is 10.2. The van der Waals surface area contributed by atoms with Gasteiger partial charge in [-0.1, -0.05) is 52.9 Å². The van der Waals surface area contributed by atoms with Crippen molar-refractivity contribution in [3.63, 3.8) is 0 Å². The van der Waals surface area contributed by atoms with Gasteiger partial charge in [0.1, 0.15) is 0 Å². The average Bonchev–Trinajstić information content (AvgIpc) is 2.44. The molecule has 0 aliphatic heterocycles. The van der Waals surface area contributed by atoms with Crippen molar-refractivity contribution in [2.75, 3.05) is 0 Å². The Morgan fingerprint density at radius 3 is 2.38 bits per heavy atom. The number of hydrogen-bond donors (Lipinski definition) is 0. The summed E-state index contributed by atoms with van der Waals surface area (Å²) < 4.78 is 0. The summed E-state index contributed by atoms with van der Waals surface area (Å²) in [4.78, 5) is 0. The topological polar surface area (TPSA) is 0 Å². The van der Waals surface area contributed by atoms with E-state index in [-0.39, 0.29) is 0 Å². The molecule has 1 aliphatic rings. The Balaban J connectivity index is 2.24. The predicted molar refractivity (Wildman–Crippen MR) is 59.8 cm³/mol. The average molecular weight is 182 g/mol. The molecule has 0 aromatic carbocycles. The predicted octanol–water partition coefficient (Wildman–Crippen LogP) is 4.64. The van der Waals surface area contributed by atoms with E-state index in [1.165, 1.54) is 44.9 Å². The summed E-state index contributed by atoms with van der Waals surface area (Å²) in [5.41, 5.74) is 0. The molecule has 0 N–H and O–H groups in total. The molecule has 1 saturated carbocycles. The van der Waals surface area contributed by atoms with Gasteiger partial charge in [0.15, 0.2) is 0 Å². The summed E-state index contributed by atoms with van der Waals surface area (Å²) in [6, 6.07) is 0. The molecule has 0 saturated heterocycles. The van der Waals surface area contributed by atoms with E-state index in [0.717, 1.165) is 17.8 Å². The van der Waals surface area contributed by atoms with Crippen LogP contribution in [-0.4, -0.2) is 0 Å². The molecule has 3 atom stereocenters. The highest BCUT2D eigenvalue weighted by atomic mass is 14.3. The zero-order valence-corrected chi connectivity index (χ0v) is 9.68. The largest absolute Gasteiger partial charge is 0.0654 e. The Kier molecular flexibility index (Phi) is 4.83.